The third kappa shape index (κ3) is 19.9. The topological polar surface area (TPSA) is 0 Å². The Morgan fingerprint density at radius 3 is 1.04 bits per heavy atom. The molecular formula is C22H44S4. The van der Waals surface area contributed by atoms with Crippen LogP contribution in [0.15, 0.2) is 8.47 Å². The molecule has 0 bridgehead atoms. The van der Waals surface area contributed by atoms with Gasteiger partial charge in [0.05, 0.1) is 8.47 Å². The van der Waals surface area contributed by atoms with Crippen LogP contribution in [-0.2, 0) is 0 Å². The first kappa shape index (κ1) is 27.1. The Morgan fingerprint density at radius 2 is 0.731 bits per heavy atom. The molecule has 26 heavy (non-hydrogen) atoms. The molecule has 0 saturated carbocycles. The van der Waals surface area contributed by atoms with E-state index < -0.39 is 0 Å². The largest absolute Gasteiger partial charge is 0.135 e. The fourth-order valence-corrected chi connectivity index (χ4v) is 5.55. The molecule has 0 aromatic carbocycles. The van der Waals surface area contributed by atoms with E-state index in [0.717, 1.165) is 8.47 Å². The molecule has 0 heterocycles. The maximum atomic E-state index is 4.64. The molecule has 0 amide bonds. The molecule has 0 unspecified atom stereocenters. The monoisotopic (exact) mass is 436 g/mol. The summed E-state index contributed by atoms with van der Waals surface area (Å²) in [6.07, 6.45) is 22.2. The highest BCUT2D eigenvalue weighted by molar-refractivity contribution is 8.21. The van der Waals surface area contributed by atoms with E-state index in [1.807, 2.05) is 23.5 Å². The summed E-state index contributed by atoms with van der Waals surface area (Å²) >= 11 is 13.1. The molecule has 0 nitrogen and oxygen atoms in total. The van der Waals surface area contributed by atoms with Gasteiger partial charge in [0, 0.05) is 0 Å². The first-order chi connectivity index (χ1) is 12.7. The third-order valence-corrected chi connectivity index (χ3v) is 8.43. The van der Waals surface area contributed by atoms with E-state index >= 15 is 0 Å². The Balaban J connectivity index is 3.43. The molecule has 0 aliphatic heterocycles. The van der Waals surface area contributed by atoms with Crippen LogP contribution in [0.2, 0.25) is 0 Å². The van der Waals surface area contributed by atoms with Crippen molar-refractivity contribution >= 4 is 48.8 Å². The number of unbranched alkanes of at least 4 members (excludes halogenated alkanes) is 14. The second kappa shape index (κ2) is 22.4. The van der Waals surface area contributed by atoms with Crippen molar-refractivity contribution in [3.8, 4) is 0 Å². The number of thioether (sulfide) groups is 2. The molecule has 0 aliphatic rings. The van der Waals surface area contributed by atoms with Gasteiger partial charge in [0.2, 0.25) is 0 Å². The van der Waals surface area contributed by atoms with Crippen molar-refractivity contribution in [1.29, 1.82) is 0 Å². The minimum Gasteiger partial charge on any atom is -0.135 e. The van der Waals surface area contributed by atoms with Crippen LogP contribution in [0.4, 0.5) is 0 Å². The highest BCUT2D eigenvalue weighted by Gasteiger charge is 2.02. The molecule has 4 heteroatoms. The van der Waals surface area contributed by atoms with E-state index in [9.17, 15) is 0 Å². The molecule has 0 saturated heterocycles. The molecule has 0 fully saturated rings. The standard InChI is InChI=1S/C22H44S4/c1-3-5-7-9-11-13-15-17-19-25-21(23)22(24)26-20-18-16-14-12-10-8-6-4-2/h23-24H,3-20H2,1-2H3/b22-21-. The van der Waals surface area contributed by atoms with Gasteiger partial charge in [-0.3, -0.25) is 0 Å². The third-order valence-electron chi connectivity index (χ3n) is 4.66. The zero-order chi connectivity index (χ0) is 19.3. The summed E-state index contributed by atoms with van der Waals surface area (Å²) in [4.78, 5) is 0. The lowest BCUT2D eigenvalue weighted by molar-refractivity contribution is 0.586. The molecule has 0 aliphatic carbocycles. The summed E-state index contributed by atoms with van der Waals surface area (Å²) in [5.41, 5.74) is 0. The zero-order valence-corrected chi connectivity index (χ0v) is 20.9. The normalized spacial score (nSPS) is 12.5. The Morgan fingerprint density at radius 1 is 0.462 bits per heavy atom. The molecule has 0 aromatic rings. The van der Waals surface area contributed by atoms with Crippen LogP contribution in [0.5, 0.6) is 0 Å². The van der Waals surface area contributed by atoms with E-state index in [1.54, 1.807) is 0 Å². The van der Waals surface area contributed by atoms with Gasteiger partial charge in [-0.2, -0.15) is 0 Å². The maximum absolute atomic E-state index is 4.64. The van der Waals surface area contributed by atoms with E-state index in [-0.39, 0.29) is 0 Å². The zero-order valence-electron chi connectivity index (χ0n) is 17.4. The molecular weight excluding hydrogens is 393 g/mol. The Hall–Kier alpha value is 1.14. The Bertz CT molecular complexity index is 285. The summed E-state index contributed by atoms with van der Waals surface area (Å²) < 4.78 is 2.25. The molecule has 0 aromatic heterocycles. The second-order valence-corrected chi connectivity index (χ2v) is 11.0. The Kier molecular flexibility index (Phi) is 23.4. The molecule has 0 radical (unpaired) electrons. The van der Waals surface area contributed by atoms with Gasteiger partial charge in [0.15, 0.2) is 0 Å². The van der Waals surface area contributed by atoms with Crippen LogP contribution < -0.4 is 0 Å². The van der Waals surface area contributed by atoms with Gasteiger partial charge in [0.1, 0.15) is 0 Å². The van der Waals surface area contributed by atoms with Gasteiger partial charge in [-0.15, -0.1) is 48.8 Å². The van der Waals surface area contributed by atoms with Crippen LogP contribution in [0, 0.1) is 0 Å². The van der Waals surface area contributed by atoms with Gasteiger partial charge in [0.25, 0.3) is 0 Å². The van der Waals surface area contributed by atoms with Crippen molar-refractivity contribution in [1.82, 2.24) is 0 Å². The minimum atomic E-state index is 1.13. The van der Waals surface area contributed by atoms with Crippen molar-refractivity contribution in [3.05, 3.63) is 8.47 Å². The molecule has 0 rings (SSSR count). The van der Waals surface area contributed by atoms with E-state index in [0.29, 0.717) is 0 Å². The van der Waals surface area contributed by atoms with Crippen molar-refractivity contribution < 1.29 is 0 Å². The van der Waals surface area contributed by atoms with E-state index in [4.69, 9.17) is 0 Å². The lowest BCUT2D eigenvalue weighted by Gasteiger charge is -2.06. The van der Waals surface area contributed by atoms with Crippen LogP contribution in [0.3, 0.4) is 0 Å². The van der Waals surface area contributed by atoms with Crippen molar-refractivity contribution in [2.75, 3.05) is 11.5 Å². The predicted molar refractivity (Wildman–Crippen MR) is 135 cm³/mol. The lowest BCUT2D eigenvalue weighted by Crippen LogP contribution is -1.85. The highest BCUT2D eigenvalue weighted by atomic mass is 32.2. The SMILES string of the molecule is CCCCCCCCCCS/C(S)=C(/S)SCCCCCCCCCC. The van der Waals surface area contributed by atoms with E-state index in [2.05, 4.69) is 39.1 Å². The Labute approximate surface area is 184 Å². The number of hydrogen-bond donors (Lipinski definition) is 2. The second-order valence-electron chi connectivity index (χ2n) is 7.26. The van der Waals surface area contributed by atoms with Crippen LogP contribution in [0.1, 0.15) is 117 Å². The lowest BCUT2D eigenvalue weighted by atomic mass is 10.1. The summed E-state index contributed by atoms with van der Waals surface area (Å²) in [6.45, 7) is 4.56. The fourth-order valence-electron chi connectivity index (χ4n) is 2.93. The summed E-state index contributed by atoms with van der Waals surface area (Å²) in [5.74, 6) is 2.38. The smallest absolute Gasteiger partial charge is 0.0569 e. The van der Waals surface area contributed by atoms with Gasteiger partial charge in [-0.25, -0.2) is 0 Å². The number of hydrogen-bond acceptors (Lipinski definition) is 4. The first-order valence-corrected chi connectivity index (χ1v) is 14.0. The van der Waals surface area contributed by atoms with Crippen molar-refractivity contribution in [3.63, 3.8) is 0 Å². The minimum absolute atomic E-state index is 1.13. The van der Waals surface area contributed by atoms with Gasteiger partial charge >= 0.3 is 0 Å². The summed E-state index contributed by atoms with van der Waals surface area (Å²) in [6, 6.07) is 0. The van der Waals surface area contributed by atoms with Gasteiger partial charge in [-0.05, 0) is 24.3 Å². The highest BCUT2D eigenvalue weighted by Crippen LogP contribution is 2.34. The molecule has 0 atom stereocenters. The van der Waals surface area contributed by atoms with Gasteiger partial charge < -0.3 is 0 Å². The number of thiol groups is 2. The van der Waals surface area contributed by atoms with Gasteiger partial charge in [-0.1, -0.05) is 104 Å². The summed E-state index contributed by atoms with van der Waals surface area (Å²) in [7, 11) is 0. The first-order valence-electron chi connectivity index (χ1n) is 11.1. The van der Waals surface area contributed by atoms with Crippen molar-refractivity contribution in [2.24, 2.45) is 0 Å². The predicted octanol–water partition coefficient (Wildman–Crippen LogP) is 9.72. The fraction of sp³-hybridized carbons (Fsp3) is 0.909. The maximum Gasteiger partial charge on any atom is 0.0569 e. The van der Waals surface area contributed by atoms with Crippen LogP contribution in [-0.4, -0.2) is 11.5 Å². The molecule has 156 valence electrons. The van der Waals surface area contributed by atoms with Crippen LogP contribution >= 0.6 is 48.8 Å². The average Bonchev–Trinajstić information content (AvgIpc) is 2.65. The average molecular weight is 437 g/mol. The number of rotatable bonds is 20. The molecule has 0 N–H and O–H groups in total. The molecule has 0 spiro atoms. The van der Waals surface area contributed by atoms with Crippen LogP contribution in [0.25, 0.3) is 0 Å². The van der Waals surface area contributed by atoms with E-state index in [1.165, 1.54) is 114 Å². The van der Waals surface area contributed by atoms with Crippen molar-refractivity contribution in [2.45, 2.75) is 117 Å². The summed E-state index contributed by atoms with van der Waals surface area (Å²) in [5, 5.41) is 0. The quantitative estimate of drug-likeness (QED) is 0.144.